The predicted molar refractivity (Wildman–Crippen MR) is 158 cm³/mol. The molecule has 0 aliphatic carbocycles. The summed E-state index contributed by atoms with van der Waals surface area (Å²) in [6.45, 7) is 0. The van der Waals surface area contributed by atoms with Crippen LogP contribution in [-0.4, -0.2) is 15.9 Å². The number of fused-ring (bicyclic) bond motifs is 1. The number of pyridine rings is 1. The maximum Gasteiger partial charge on any atom is 0.258 e. The number of halogens is 2. The van der Waals surface area contributed by atoms with E-state index in [4.69, 9.17) is 28.2 Å². The lowest BCUT2D eigenvalue weighted by molar-refractivity contribution is 0.102. The van der Waals surface area contributed by atoms with Crippen LogP contribution >= 0.6 is 34.5 Å². The largest absolute Gasteiger partial charge is 0.298 e. The van der Waals surface area contributed by atoms with Gasteiger partial charge >= 0.3 is 0 Å². The number of thiazole rings is 1. The Bertz CT molecular complexity index is 1780. The van der Waals surface area contributed by atoms with Crippen LogP contribution in [0.15, 0.2) is 109 Å². The normalized spacial score (nSPS) is 11.0. The van der Waals surface area contributed by atoms with Gasteiger partial charge in [0.15, 0.2) is 5.13 Å². The fourth-order valence-electron chi connectivity index (χ4n) is 4.29. The van der Waals surface area contributed by atoms with E-state index in [1.54, 1.807) is 24.3 Å². The van der Waals surface area contributed by atoms with Crippen molar-refractivity contribution in [2.24, 2.45) is 0 Å². The lowest BCUT2D eigenvalue weighted by Crippen LogP contribution is -2.13. The molecule has 2 aromatic heterocycles. The number of nitrogens with zero attached hydrogens (tertiary/aromatic N) is 2. The SMILES string of the molecule is O=C(Nc1nc(-c2ccc(-c3ccccc3)cc2)cs1)c1cc(-c2ccc(Cl)cc2Cl)nc2ccccc12. The highest BCUT2D eigenvalue weighted by atomic mass is 35.5. The first kappa shape index (κ1) is 24.3. The highest BCUT2D eigenvalue weighted by Crippen LogP contribution is 2.33. The number of hydrogen-bond donors (Lipinski definition) is 1. The second kappa shape index (κ2) is 10.4. The fourth-order valence-corrected chi connectivity index (χ4v) is 5.51. The topological polar surface area (TPSA) is 54.9 Å². The molecule has 38 heavy (non-hydrogen) atoms. The van der Waals surface area contributed by atoms with Gasteiger partial charge in [-0.3, -0.25) is 10.1 Å². The third-order valence-corrected chi connectivity index (χ3v) is 7.49. The van der Waals surface area contributed by atoms with E-state index < -0.39 is 0 Å². The molecule has 6 aromatic rings. The molecular weight excluding hydrogens is 533 g/mol. The highest BCUT2D eigenvalue weighted by molar-refractivity contribution is 7.14. The molecule has 1 N–H and O–H groups in total. The molecule has 0 aliphatic rings. The molecule has 0 aliphatic heterocycles. The first-order valence-electron chi connectivity index (χ1n) is 11.8. The summed E-state index contributed by atoms with van der Waals surface area (Å²) in [5.41, 5.74) is 6.56. The van der Waals surface area contributed by atoms with Crippen molar-refractivity contribution in [1.29, 1.82) is 0 Å². The van der Waals surface area contributed by atoms with Crippen molar-refractivity contribution in [2.75, 3.05) is 5.32 Å². The molecule has 0 radical (unpaired) electrons. The van der Waals surface area contributed by atoms with E-state index in [1.807, 2.05) is 60.0 Å². The number of anilines is 1. The Labute approximate surface area is 233 Å². The molecule has 6 rings (SSSR count). The van der Waals surface area contributed by atoms with Crippen molar-refractivity contribution in [1.82, 2.24) is 9.97 Å². The van der Waals surface area contributed by atoms with Crippen LogP contribution in [0.1, 0.15) is 10.4 Å². The molecule has 0 saturated heterocycles. The molecular formula is C31H19Cl2N3OS. The molecule has 4 nitrogen and oxygen atoms in total. The maximum absolute atomic E-state index is 13.5. The molecule has 0 unspecified atom stereocenters. The number of benzene rings is 4. The van der Waals surface area contributed by atoms with Crippen molar-refractivity contribution in [3.8, 4) is 33.6 Å². The van der Waals surface area contributed by atoms with Crippen molar-refractivity contribution in [3.05, 3.63) is 124 Å². The number of aromatic nitrogens is 2. The summed E-state index contributed by atoms with van der Waals surface area (Å²) in [6.07, 6.45) is 0. The third kappa shape index (κ3) is 4.92. The Balaban J connectivity index is 1.29. The quantitative estimate of drug-likeness (QED) is 0.232. The fraction of sp³-hybridized carbons (Fsp3) is 0. The summed E-state index contributed by atoms with van der Waals surface area (Å²) in [7, 11) is 0. The van der Waals surface area contributed by atoms with Gasteiger partial charge in [-0.25, -0.2) is 9.97 Å². The number of carbonyl (C=O) groups excluding carboxylic acids is 1. The summed E-state index contributed by atoms with van der Waals surface area (Å²) in [5, 5.41) is 7.17. The highest BCUT2D eigenvalue weighted by Gasteiger charge is 2.17. The Morgan fingerprint density at radius 3 is 2.21 bits per heavy atom. The van der Waals surface area contributed by atoms with Gasteiger partial charge in [0, 0.05) is 26.9 Å². The molecule has 1 amide bonds. The van der Waals surface area contributed by atoms with E-state index >= 15 is 0 Å². The standard InChI is InChI=1S/C31H19Cl2N3OS/c32-22-14-15-24(26(33)16-22)28-17-25(23-8-4-5-9-27(23)34-28)30(37)36-31-35-29(18-38-31)21-12-10-20(11-13-21)19-6-2-1-3-7-19/h1-18H,(H,35,36,37). The van der Waals surface area contributed by atoms with Crippen LogP contribution in [0.4, 0.5) is 5.13 Å². The lowest BCUT2D eigenvalue weighted by atomic mass is 10.0. The van der Waals surface area contributed by atoms with Gasteiger partial charge in [-0.15, -0.1) is 11.3 Å². The predicted octanol–water partition coefficient (Wildman–Crippen LogP) is 9.25. The number of rotatable bonds is 5. The van der Waals surface area contributed by atoms with Crippen LogP contribution in [-0.2, 0) is 0 Å². The van der Waals surface area contributed by atoms with Gasteiger partial charge in [0.2, 0.25) is 0 Å². The molecule has 2 heterocycles. The van der Waals surface area contributed by atoms with E-state index in [9.17, 15) is 4.79 Å². The monoisotopic (exact) mass is 551 g/mol. The number of amides is 1. The second-order valence-electron chi connectivity index (χ2n) is 8.63. The Morgan fingerprint density at radius 1 is 0.711 bits per heavy atom. The summed E-state index contributed by atoms with van der Waals surface area (Å²) < 4.78 is 0. The van der Waals surface area contributed by atoms with E-state index in [1.165, 1.54) is 11.3 Å². The second-order valence-corrected chi connectivity index (χ2v) is 10.3. The zero-order valence-electron chi connectivity index (χ0n) is 19.9. The number of nitrogens with one attached hydrogen (secondary N) is 1. The summed E-state index contributed by atoms with van der Waals surface area (Å²) in [4.78, 5) is 22.9. The molecule has 7 heteroatoms. The van der Waals surface area contributed by atoms with E-state index in [0.717, 1.165) is 27.8 Å². The first-order valence-corrected chi connectivity index (χ1v) is 13.5. The Hall–Kier alpha value is -4.03. The average Bonchev–Trinajstić information content (AvgIpc) is 3.41. The summed E-state index contributed by atoms with van der Waals surface area (Å²) in [6, 6.07) is 33.0. The van der Waals surface area contributed by atoms with Crippen LogP contribution < -0.4 is 5.32 Å². The van der Waals surface area contributed by atoms with E-state index in [-0.39, 0.29) is 5.91 Å². The minimum atomic E-state index is -0.268. The van der Waals surface area contributed by atoms with Gasteiger partial charge in [0.05, 0.1) is 27.5 Å². The summed E-state index contributed by atoms with van der Waals surface area (Å²) in [5.74, 6) is -0.268. The number of carbonyl (C=O) groups is 1. The number of para-hydroxylation sites is 1. The van der Waals surface area contributed by atoms with Crippen LogP contribution in [0.25, 0.3) is 44.5 Å². The van der Waals surface area contributed by atoms with Gasteiger partial charge in [-0.2, -0.15) is 0 Å². The lowest BCUT2D eigenvalue weighted by Gasteiger charge is -2.11. The number of hydrogen-bond acceptors (Lipinski definition) is 4. The average molecular weight is 552 g/mol. The van der Waals surface area contributed by atoms with Crippen LogP contribution in [0.2, 0.25) is 10.0 Å². The maximum atomic E-state index is 13.5. The first-order chi connectivity index (χ1) is 18.5. The minimum absolute atomic E-state index is 0.268. The zero-order chi connectivity index (χ0) is 26.1. The van der Waals surface area contributed by atoms with Crippen molar-refractivity contribution in [3.63, 3.8) is 0 Å². The van der Waals surface area contributed by atoms with Gasteiger partial charge in [0.1, 0.15) is 0 Å². The van der Waals surface area contributed by atoms with E-state index in [2.05, 4.69) is 34.6 Å². The molecule has 4 aromatic carbocycles. The molecule has 184 valence electrons. The minimum Gasteiger partial charge on any atom is -0.298 e. The molecule has 0 fully saturated rings. The van der Waals surface area contributed by atoms with Crippen molar-refractivity contribution >= 4 is 56.5 Å². The van der Waals surface area contributed by atoms with Crippen LogP contribution in [0.3, 0.4) is 0 Å². The van der Waals surface area contributed by atoms with Gasteiger partial charge in [0.25, 0.3) is 5.91 Å². The van der Waals surface area contributed by atoms with Gasteiger partial charge in [-0.1, -0.05) is 96.0 Å². The Morgan fingerprint density at radius 2 is 1.42 bits per heavy atom. The zero-order valence-corrected chi connectivity index (χ0v) is 22.2. The van der Waals surface area contributed by atoms with E-state index in [0.29, 0.717) is 37.5 Å². The van der Waals surface area contributed by atoms with Gasteiger partial charge in [-0.05, 0) is 41.5 Å². The van der Waals surface area contributed by atoms with Gasteiger partial charge < -0.3 is 0 Å². The summed E-state index contributed by atoms with van der Waals surface area (Å²) >= 11 is 13.9. The molecule has 0 atom stereocenters. The smallest absolute Gasteiger partial charge is 0.258 e. The van der Waals surface area contributed by atoms with Crippen LogP contribution in [0, 0.1) is 0 Å². The van der Waals surface area contributed by atoms with Crippen LogP contribution in [0.5, 0.6) is 0 Å². The molecule has 0 spiro atoms. The van der Waals surface area contributed by atoms with Crippen molar-refractivity contribution in [2.45, 2.75) is 0 Å². The molecule has 0 bridgehead atoms. The Kier molecular flexibility index (Phi) is 6.64. The molecule has 0 saturated carbocycles. The van der Waals surface area contributed by atoms with Crippen molar-refractivity contribution < 1.29 is 4.79 Å². The third-order valence-electron chi connectivity index (χ3n) is 6.18.